The van der Waals surface area contributed by atoms with Crippen LogP contribution in [0.4, 0.5) is 11.6 Å². The molecule has 4 heterocycles. The molecule has 3 aliphatic rings. The molecule has 6 rings (SSSR count). The first-order valence-corrected chi connectivity index (χ1v) is 13.8. The first-order chi connectivity index (χ1) is 18.5. The van der Waals surface area contributed by atoms with Crippen LogP contribution in [0.1, 0.15) is 24.0 Å². The summed E-state index contributed by atoms with van der Waals surface area (Å²) in [5.74, 6) is 2.42. The second-order valence-corrected chi connectivity index (χ2v) is 11.2. The highest BCUT2D eigenvalue weighted by Gasteiger charge is 2.40. The molecule has 1 unspecified atom stereocenters. The van der Waals surface area contributed by atoms with Gasteiger partial charge in [-0.2, -0.15) is 0 Å². The fourth-order valence-electron chi connectivity index (χ4n) is 5.55. The highest BCUT2D eigenvalue weighted by Crippen LogP contribution is 2.29. The van der Waals surface area contributed by atoms with Crippen LogP contribution in [0.5, 0.6) is 11.5 Å². The predicted molar refractivity (Wildman–Crippen MR) is 154 cm³/mol. The third-order valence-electron chi connectivity index (χ3n) is 7.93. The van der Waals surface area contributed by atoms with E-state index < -0.39 is 0 Å². The number of para-hydroxylation sites is 1. The predicted octanol–water partition coefficient (Wildman–Crippen LogP) is 3.30. The van der Waals surface area contributed by atoms with Crippen LogP contribution in [0, 0.1) is 5.41 Å². The minimum absolute atomic E-state index is 0.294. The minimum atomic E-state index is 0.294. The molecule has 3 aromatic rings. The van der Waals surface area contributed by atoms with E-state index in [2.05, 4.69) is 39.1 Å². The number of nitrogens with zero attached hydrogens (tertiary/aromatic N) is 5. The van der Waals surface area contributed by atoms with Gasteiger partial charge in [0.2, 0.25) is 0 Å². The molecule has 1 atom stereocenters. The summed E-state index contributed by atoms with van der Waals surface area (Å²) in [4.78, 5) is 13.9. The van der Waals surface area contributed by atoms with Gasteiger partial charge in [-0.1, -0.05) is 27.6 Å². The number of nitrogens with one attached hydrogen (secondary N) is 2. The van der Waals surface area contributed by atoms with E-state index in [9.17, 15) is 0 Å². The molecule has 0 aliphatic carbocycles. The Morgan fingerprint density at radius 2 is 1.55 bits per heavy atom. The number of nitrogens with two attached hydrogens (primary N) is 1. The largest absolute Gasteiger partial charge is 0.457 e. The quantitative estimate of drug-likeness (QED) is 0.301. The maximum absolute atomic E-state index is 8.91. The lowest BCUT2D eigenvalue weighted by molar-refractivity contribution is -0.0337. The Morgan fingerprint density at radius 3 is 2.24 bits per heavy atom. The molecule has 3 saturated heterocycles. The molecule has 0 spiro atoms. The third kappa shape index (κ3) is 5.38. The third-order valence-corrected chi connectivity index (χ3v) is 8.35. The zero-order valence-corrected chi connectivity index (χ0v) is 22.6. The number of ether oxygens (including phenoxy) is 1. The molecule has 3 fully saturated rings. The minimum Gasteiger partial charge on any atom is -0.457 e. The number of anilines is 2. The van der Waals surface area contributed by atoms with Gasteiger partial charge in [0.25, 0.3) is 0 Å². The SMILES string of the molecule is N=C(c1ccc(Oc2ccccc2)cc1)c1c(N)ncnc1NC1CCN(C2CN(C3CN(P)C3)C2)CC1. The molecule has 0 bridgehead atoms. The van der Waals surface area contributed by atoms with Crippen LogP contribution in [0.25, 0.3) is 0 Å². The molecule has 0 radical (unpaired) electrons. The van der Waals surface area contributed by atoms with Crippen LogP contribution in [0.15, 0.2) is 60.9 Å². The summed E-state index contributed by atoms with van der Waals surface area (Å²) >= 11 is 0. The Labute approximate surface area is 226 Å². The van der Waals surface area contributed by atoms with Crippen molar-refractivity contribution in [3.63, 3.8) is 0 Å². The van der Waals surface area contributed by atoms with Gasteiger partial charge < -0.3 is 15.8 Å². The number of piperidine rings is 1. The maximum atomic E-state index is 8.91. The normalized spacial score (nSPS) is 20.0. The van der Waals surface area contributed by atoms with E-state index in [0.717, 1.165) is 43.3 Å². The molecular formula is C28H35N8OP. The highest BCUT2D eigenvalue weighted by molar-refractivity contribution is 7.13. The number of hydrogen-bond acceptors (Lipinski definition) is 9. The van der Waals surface area contributed by atoms with Crippen LogP contribution in [0.3, 0.4) is 0 Å². The standard InChI is InChI=1S/C28H35N8OP/c29-26(19-6-8-24(9-7-19)37-23-4-2-1-3-5-23)25-27(30)31-18-32-28(25)33-20-10-12-34(13-11-20)21-14-35(15-21)22-16-36(38)17-22/h1-9,18,20-22,29H,10-17,38H2,(H3,30,31,32,33). The summed E-state index contributed by atoms with van der Waals surface area (Å²) in [5, 5.41) is 12.5. The van der Waals surface area contributed by atoms with Gasteiger partial charge in [-0.15, -0.1) is 0 Å². The van der Waals surface area contributed by atoms with E-state index >= 15 is 0 Å². The maximum Gasteiger partial charge on any atom is 0.141 e. The topological polar surface area (TPSA) is 107 Å². The summed E-state index contributed by atoms with van der Waals surface area (Å²) in [6.07, 6.45) is 3.56. The Bertz CT molecular complexity index is 1250. The molecule has 10 heteroatoms. The Hall–Kier alpha value is -3.10. The van der Waals surface area contributed by atoms with Crippen molar-refractivity contribution in [3.8, 4) is 11.5 Å². The van der Waals surface area contributed by atoms with Crippen molar-refractivity contribution in [2.75, 3.05) is 50.3 Å². The molecule has 0 saturated carbocycles. The molecule has 4 N–H and O–H groups in total. The lowest BCUT2D eigenvalue weighted by Crippen LogP contribution is -2.68. The highest BCUT2D eigenvalue weighted by atomic mass is 31.0. The fourth-order valence-corrected chi connectivity index (χ4v) is 6.04. The number of nitrogen functional groups attached to an aromatic ring is 1. The van der Waals surface area contributed by atoms with Crippen molar-refractivity contribution >= 4 is 26.7 Å². The van der Waals surface area contributed by atoms with Crippen LogP contribution >= 0.6 is 9.39 Å². The van der Waals surface area contributed by atoms with Crippen LogP contribution in [-0.4, -0.2) is 87.5 Å². The van der Waals surface area contributed by atoms with Crippen molar-refractivity contribution in [3.05, 3.63) is 72.1 Å². The molecule has 2 aromatic carbocycles. The van der Waals surface area contributed by atoms with E-state index in [1.807, 2.05) is 54.6 Å². The first-order valence-electron chi connectivity index (χ1n) is 13.3. The molecule has 0 amide bonds. The first kappa shape index (κ1) is 25.2. The van der Waals surface area contributed by atoms with Crippen molar-refractivity contribution in [2.24, 2.45) is 0 Å². The molecule has 1 aromatic heterocycles. The van der Waals surface area contributed by atoms with Gasteiger partial charge in [0.15, 0.2) is 0 Å². The molecule has 38 heavy (non-hydrogen) atoms. The fraction of sp³-hybridized carbons (Fsp3) is 0.393. The van der Waals surface area contributed by atoms with Gasteiger partial charge in [-0.3, -0.25) is 19.9 Å². The number of rotatable bonds is 8. The van der Waals surface area contributed by atoms with E-state index in [0.29, 0.717) is 40.7 Å². The van der Waals surface area contributed by atoms with Gasteiger partial charge >= 0.3 is 0 Å². The van der Waals surface area contributed by atoms with Crippen molar-refractivity contribution in [2.45, 2.75) is 31.0 Å². The van der Waals surface area contributed by atoms with Gasteiger partial charge in [0.05, 0.1) is 11.3 Å². The van der Waals surface area contributed by atoms with E-state index in [1.54, 1.807) is 0 Å². The smallest absolute Gasteiger partial charge is 0.141 e. The van der Waals surface area contributed by atoms with E-state index in [1.165, 1.54) is 32.5 Å². The number of aromatic nitrogens is 2. The van der Waals surface area contributed by atoms with Crippen molar-refractivity contribution < 1.29 is 4.74 Å². The lowest BCUT2D eigenvalue weighted by Gasteiger charge is -2.54. The van der Waals surface area contributed by atoms with Crippen molar-refractivity contribution in [1.29, 1.82) is 5.41 Å². The van der Waals surface area contributed by atoms with Crippen LogP contribution in [-0.2, 0) is 0 Å². The molecule has 3 aliphatic heterocycles. The molecule has 198 valence electrons. The average Bonchev–Trinajstić information content (AvgIpc) is 2.89. The van der Waals surface area contributed by atoms with E-state index in [4.69, 9.17) is 15.9 Å². The summed E-state index contributed by atoms with van der Waals surface area (Å²) in [7, 11) is 2.80. The number of benzene rings is 2. The van der Waals surface area contributed by atoms with Crippen LogP contribution in [0.2, 0.25) is 0 Å². The zero-order valence-electron chi connectivity index (χ0n) is 21.5. The number of hydrogen-bond donors (Lipinski definition) is 3. The molecular weight excluding hydrogens is 495 g/mol. The summed E-state index contributed by atoms with van der Waals surface area (Å²) in [6, 6.07) is 18.8. The summed E-state index contributed by atoms with van der Waals surface area (Å²) in [6.45, 7) is 6.89. The Kier molecular flexibility index (Phi) is 7.26. The number of likely N-dealkylation sites (tertiary alicyclic amines) is 2. The van der Waals surface area contributed by atoms with Gasteiger partial charge in [0.1, 0.15) is 29.5 Å². The van der Waals surface area contributed by atoms with Gasteiger partial charge in [-0.25, -0.2) is 9.97 Å². The Morgan fingerprint density at radius 1 is 0.895 bits per heavy atom. The van der Waals surface area contributed by atoms with Gasteiger partial charge in [0, 0.05) is 63.0 Å². The van der Waals surface area contributed by atoms with Crippen LogP contribution < -0.4 is 15.8 Å². The van der Waals surface area contributed by atoms with Gasteiger partial charge in [-0.05, 0) is 49.2 Å². The Balaban J connectivity index is 1.06. The summed E-state index contributed by atoms with van der Waals surface area (Å²) < 4.78 is 8.20. The second-order valence-electron chi connectivity index (χ2n) is 10.5. The van der Waals surface area contributed by atoms with Crippen molar-refractivity contribution in [1.82, 2.24) is 24.4 Å². The zero-order chi connectivity index (χ0) is 26.1. The molecule has 9 nitrogen and oxygen atoms in total. The lowest BCUT2D eigenvalue weighted by atomic mass is 9.96. The average molecular weight is 531 g/mol. The second kappa shape index (κ2) is 10.9. The van der Waals surface area contributed by atoms with E-state index in [-0.39, 0.29) is 0 Å². The monoisotopic (exact) mass is 530 g/mol. The summed E-state index contributed by atoms with van der Waals surface area (Å²) in [5.41, 5.74) is 7.85.